The van der Waals surface area contributed by atoms with Gasteiger partial charge in [-0.1, -0.05) is 6.42 Å². The lowest BCUT2D eigenvalue weighted by molar-refractivity contribution is 0.154. The summed E-state index contributed by atoms with van der Waals surface area (Å²) < 4.78 is 0. The van der Waals surface area contributed by atoms with Crippen LogP contribution >= 0.6 is 0 Å². The Kier molecular flexibility index (Phi) is 1.10. The second-order valence-electron chi connectivity index (χ2n) is 3.58. The van der Waals surface area contributed by atoms with Gasteiger partial charge in [0.25, 0.3) is 0 Å². The fourth-order valence-corrected chi connectivity index (χ4v) is 2.59. The largest absolute Gasteiger partial charge is 0.393 e. The number of aliphatic hydroxyl groups is 1. The number of aliphatic hydroxyl groups excluding tert-OH is 1. The topological polar surface area (TPSA) is 20.2 Å². The average Bonchev–Trinajstić information content (AvgIpc) is 2.30. The summed E-state index contributed by atoms with van der Waals surface area (Å²) in [4.78, 5) is 0. The summed E-state index contributed by atoms with van der Waals surface area (Å²) >= 11 is 0. The van der Waals surface area contributed by atoms with Crippen molar-refractivity contribution in [3.8, 4) is 0 Å². The van der Waals surface area contributed by atoms with E-state index in [0.29, 0.717) is 5.92 Å². The molecule has 0 aromatic rings. The molecule has 52 valence electrons. The first kappa shape index (κ1) is 5.72. The monoisotopic (exact) mass is 126 g/mol. The van der Waals surface area contributed by atoms with Gasteiger partial charge >= 0.3 is 0 Å². The first-order valence-electron chi connectivity index (χ1n) is 3.99. The zero-order chi connectivity index (χ0) is 6.43. The SMILES string of the molecule is C[C@H](O)C1[C@H]2CCC[C@@H]12. The van der Waals surface area contributed by atoms with Crippen molar-refractivity contribution >= 4 is 0 Å². The molecule has 0 aliphatic heterocycles. The van der Waals surface area contributed by atoms with Crippen LogP contribution in [0.2, 0.25) is 0 Å². The van der Waals surface area contributed by atoms with Crippen LogP contribution in [0.15, 0.2) is 0 Å². The molecule has 1 unspecified atom stereocenters. The maximum Gasteiger partial charge on any atom is 0.0545 e. The Balaban J connectivity index is 1.94. The molecule has 0 saturated heterocycles. The van der Waals surface area contributed by atoms with Crippen LogP contribution in [0.5, 0.6) is 0 Å². The van der Waals surface area contributed by atoms with Crippen molar-refractivity contribution < 1.29 is 5.11 Å². The minimum Gasteiger partial charge on any atom is -0.393 e. The molecule has 0 spiro atoms. The molecule has 2 aliphatic rings. The molecular formula is C8H14O. The van der Waals surface area contributed by atoms with Gasteiger partial charge in [0.15, 0.2) is 0 Å². The van der Waals surface area contributed by atoms with E-state index in [9.17, 15) is 5.11 Å². The van der Waals surface area contributed by atoms with E-state index in [1.54, 1.807) is 0 Å². The van der Waals surface area contributed by atoms with Crippen molar-refractivity contribution in [3.05, 3.63) is 0 Å². The van der Waals surface area contributed by atoms with Crippen molar-refractivity contribution in [2.75, 3.05) is 0 Å². The lowest BCUT2D eigenvalue weighted by atomic mass is 10.1. The average molecular weight is 126 g/mol. The molecule has 1 N–H and O–H groups in total. The van der Waals surface area contributed by atoms with Gasteiger partial charge in [0, 0.05) is 0 Å². The van der Waals surface area contributed by atoms with Gasteiger partial charge in [-0.25, -0.2) is 0 Å². The molecule has 2 saturated carbocycles. The van der Waals surface area contributed by atoms with Gasteiger partial charge in [0.05, 0.1) is 6.10 Å². The lowest BCUT2D eigenvalue weighted by Gasteiger charge is -2.04. The highest BCUT2D eigenvalue weighted by molar-refractivity contribution is 5.02. The summed E-state index contributed by atoms with van der Waals surface area (Å²) in [7, 11) is 0. The summed E-state index contributed by atoms with van der Waals surface area (Å²) in [6.07, 6.45) is 4.17. The van der Waals surface area contributed by atoms with E-state index in [2.05, 4.69) is 0 Å². The van der Waals surface area contributed by atoms with Gasteiger partial charge < -0.3 is 5.11 Å². The molecule has 4 atom stereocenters. The fourth-order valence-electron chi connectivity index (χ4n) is 2.59. The van der Waals surface area contributed by atoms with Crippen LogP contribution < -0.4 is 0 Å². The maximum absolute atomic E-state index is 9.20. The molecular weight excluding hydrogens is 112 g/mol. The number of fused-ring (bicyclic) bond motifs is 1. The maximum atomic E-state index is 9.20. The molecule has 0 amide bonds. The van der Waals surface area contributed by atoms with Crippen molar-refractivity contribution in [3.63, 3.8) is 0 Å². The Bertz CT molecular complexity index is 110. The Labute approximate surface area is 56.1 Å². The van der Waals surface area contributed by atoms with E-state index < -0.39 is 0 Å². The highest BCUT2D eigenvalue weighted by atomic mass is 16.3. The van der Waals surface area contributed by atoms with Crippen LogP contribution in [0.4, 0.5) is 0 Å². The van der Waals surface area contributed by atoms with Crippen molar-refractivity contribution in [1.29, 1.82) is 0 Å². The third kappa shape index (κ3) is 0.710. The van der Waals surface area contributed by atoms with Crippen LogP contribution in [0.25, 0.3) is 0 Å². The fraction of sp³-hybridized carbons (Fsp3) is 1.00. The summed E-state index contributed by atoms with van der Waals surface area (Å²) in [5.74, 6) is 2.54. The first-order valence-corrected chi connectivity index (χ1v) is 3.99. The predicted octanol–water partition coefficient (Wildman–Crippen LogP) is 1.41. The van der Waals surface area contributed by atoms with Gasteiger partial charge in [-0.05, 0) is 37.5 Å². The van der Waals surface area contributed by atoms with E-state index in [0.717, 1.165) is 11.8 Å². The van der Waals surface area contributed by atoms with E-state index in [1.165, 1.54) is 19.3 Å². The van der Waals surface area contributed by atoms with E-state index in [-0.39, 0.29) is 6.10 Å². The van der Waals surface area contributed by atoms with Crippen LogP contribution in [0, 0.1) is 17.8 Å². The molecule has 0 bridgehead atoms. The standard InChI is InChI=1S/C8H14O/c1-5(9)8-6-3-2-4-7(6)8/h5-9H,2-4H2,1H3/t5-,6-,7+,8?/m0/s1. The smallest absolute Gasteiger partial charge is 0.0545 e. The molecule has 0 aromatic heterocycles. The zero-order valence-corrected chi connectivity index (χ0v) is 5.88. The number of hydrogen-bond acceptors (Lipinski definition) is 1. The first-order chi connectivity index (χ1) is 4.30. The molecule has 9 heavy (non-hydrogen) atoms. The highest BCUT2D eigenvalue weighted by Crippen LogP contribution is 2.58. The number of rotatable bonds is 1. The minimum absolute atomic E-state index is 0.0275. The molecule has 1 nitrogen and oxygen atoms in total. The Hall–Kier alpha value is -0.0400. The van der Waals surface area contributed by atoms with Gasteiger partial charge in [-0.3, -0.25) is 0 Å². The number of hydrogen-bond donors (Lipinski definition) is 1. The van der Waals surface area contributed by atoms with E-state index in [1.807, 2.05) is 6.92 Å². The summed E-state index contributed by atoms with van der Waals surface area (Å²) in [6, 6.07) is 0. The normalized spacial score (nSPS) is 50.7. The van der Waals surface area contributed by atoms with E-state index in [4.69, 9.17) is 0 Å². The Morgan fingerprint density at radius 2 is 1.89 bits per heavy atom. The second-order valence-corrected chi connectivity index (χ2v) is 3.58. The molecule has 0 aromatic carbocycles. The van der Waals surface area contributed by atoms with Crippen molar-refractivity contribution in [2.24, 2.45) is 17.8 Å². The van der Waals surface area contributed by atoms with Gasteiger partial charge in [0.1, 0.15) is 0 Å². The molecule has 1 heteroatoms. The van der Waals surface area contributed by atoms with Crippen LogP contribution in [0.3, 0.4) is 0 Å². The third-order valence-electron chi connectivity index (χ3n) is 3.03. The minimum atomic E-state index is -0.0275. The Morgan fingerprint density at radius 3 is 2.22 bits per heavy atom. The van der Waals surface area contributed by atoms with Gasteiger partial charge in [0.2, 0.25) is 0 Å². The van der Waals surface area contributed by atoms with Gasteiger partial charge in [-0.2, -0.15) is 0 Å². The summed E-state index contributed by atoms with van der Waals surface area (Å²) in [6.45, 7) is 1.93. The summed E-state index contributed by atoms with van der Waals surface area (Å²) in [5, 5.41) is 9.20. The molecule has 0 heterocycles. The third-order valence-corrected chi connectivity index (χ3v) is 3.03. The zero-order valence-electron chi connectivity index (χ0n) is 5.88. The van der Waals surface area contributed by atoms with Crippen LogP contribution in [0.1, 0.15) is 26.2 Å². The van der Waals surface area contributed by atoms with Crippen LogP contribution in [-0.4, -0.2) is 11.2 Å². The molecule has 2 fully saturated rings. The van der Waals surface area contributed by atoms with Gasteiger partial charge in [-0.15, -0.1) is 0 Å². The van der Waals surface area contributed by atoms with Crippen LogP contribution in [-0.2, 0) is 0 Å². The quantitative estimate of drug-likeness (QED) is 0.563. The lowest BCUT2D eigenvalue weighted by Crippen LogP contribution is -2.06. The Morgan fingerprint density at radius 1 is 1.33 bits per heavy atom. The molecule has 2 rings (SSSR count). The van der Waals surface area contributed by atoms with Crippen molar-refractivity contribution in [1.82, 2.24) is 0 Å². The molecule has 0 radical (unpaired) electrons. The predicted molar refractivity (Wildman–Crippen MR) is 36.0 cm³/mol. The second kappa shape index (κ2) is 1.72. The van der Waals surface area contributed by atoms with Crippen molar-refractivity contribution in [2.45, 2.75) is 32.3 Å². The highest BCUT2D eigenvalue weighted by Gasteiger charge is 2.54. The summed E-state index contributed by atoms with van der Waals surface area (Å²) in [5.41, 5.74) is 0. The molecule has 2 aliphatic carbocycles. The van der Waals surface area contributed by atoms with E-state index >= 15 is 0 Å².